The van der Waals surface area contributed by atoms with E-state index in [9.17, 15) is 14.3 Å². The minimum absolute atomic E-state index is 0.206. The van der Waals surface area contributed by atoms with Crippen molar-refractivity contribution in [1.29, 1.82) is 0 Å². The number of ether oxygens (including phenoxy) is 3. The lowest BCUT2D eigenvalue weighted by Gasteiger charge is -2.27. The van der Waals surface area contributed by atoms with Gasteiger partial charge in [-0.25, -0.2) is 9.37 Å². The van der Waals surface area contributed by atoms with Gasteiger partial charge in [-0.05, 0) is 55.3 Å². The maximum absolute atomic E-state index is 13.0. The molecule has 0 fully saturated rings. The molecule has 8 nitrogen and oxygen atoms in total. The molecule has 34 heavy (non-hydrogen) atoms. The van der Waals surface area contributed by atoms with Crippen molar-refractivity contribution >= 4 is 5.91 Å². The molecule has 3 aromatic rings. The average Bonchev–Trinajstić information content (AvgIpc) is 3.26. The fraction of sp³-hybridized carbons (Fsp3) is 0.360. The number of rotatable bonds is 10. The molecule has 0 radical (unpaired) electrons. The Kier molecular flexibility index (Phi) is 7.64. The van der Waals surface area contributed by atoms with Gasteiger partial charge in [-0.1, -0.05) is 6.07 Å². The Morgan fingerprint density at radius 1 is 1.21 bits per heavy atom. The number of fused-ring (bicyclic) bond motifs is 1. The van der Waals surface area contributed by atoms with Crippen LogP contribution in [-0.2, 0) is 11.3 Å². The summed E-state index contributed by atoms with van der Waals surface area (Å²) in [5.74, 6) is 1.99. The third-order valence-corrected chi connectivity index (χ3v) is 5.58. The number of hydrogen-bond acceptors (Lipinski definition) is 6. The van der Waals surface area contributed by atoms with Crippen molar-refractivity contribution in [3.63, 3.8) is 0 Å². The summed E-state index contributed by atoms with van der Waals surface area (Å²) in [5, 5.41) is 14.1. The van der Waals surface area contributed by atoms with E-state index in [-0.39, 0.29) is 18.1 Å². The molecule has 1 aromatic heterocycles. The lowest BCUT2D eigenvalue weighted by atomic mass is 10.0. The van der Waals surface area contributed by atoms with E-state index in [1.54, 1.807) is 36.5 Å². The maximum atomic E-state index is 13.0. The second-order valence-electron chi connectivity index (χ2n) is 8.05. The van der Waals surface area contributed by atoms with Crippen molar-refractivity contribution in [1.82, 2.24) is 14.9 Å². The molecule has 0 aliphatic carbocycles. The molecule has 0 saturated heterocycles. The summed E-state index contributed by atoms with van der Waals surface area (Å²) in [6.07, 6.45) is 3.20. The van der Waals surface area contributed by atoms with E-state index < -0.39 is 12.1 Å². The van der Waals surface area contributed by atoms with E-state index >= 15 is 0 Å². The van der Waals surface area contributed by atoms with Crippen LogP contribution in [0, 0.1) is 12.7 Å². The zero-order valence-electron chi connectivity index (χ0n) is 18.9. The molecule has 2 atom stereocenters. The molecule has 2 unspecified atom stereocenters. The summed E-state index contributed by atoms with van der Waals surface area (Å²) in [7, 11) is 0. The summed E-state index contributed by atoms with van der Waals surface area (Å²) in [6, 6.07) is 10.4. The predicted molar refractivity (Wildman–Crippen MR) is 122 cm³/mol. The first-order chi connectivity index (χ1) is 16.5. The van der Waals surface area contributed by atoms with Gasteiger partial charge < -0.3 is 29.2 Å². The highest BCUT2D eigenvalue weighted by Gasteiger charge is 2.25. The Morgan fingerprint density at radius 2 is 1.97 bits per heavy atom. The number of imidazole rings is 1. The minimum Gasteiger partial charge on any atom is -0.494 e. The highest BCUT2D eigenvalue weighted by molar-refractivity contribution is 5.76. The standard InChI is InChI=1S/C25H28FN3O5/c1-17-27-10-11-29(17)16-21(25(31)18-4-9-22-23(15-18)34-14-13-33-22)28-24(30)3-2-12-32-20-7-5-19(26)6-8-20/h4-11,15,21,25,31H,2-3,12-14,16H2,1H3,(H,28,30). The van der Waals surface area contributed by atoms with Crippen LogP contribution in [0.3, 0.4) is 0 Å². The molecule has 2 heterocycles. The SMILES string of the molecule is Cc1nccn1CC(NC(=O)CCCOc1ccc(F)cc1)C(O)c1ccc2c(c1)OCCO2. The van der Waals surface area contributed by atoms with Crippen molar-refractivity contribution in [3.8, 4) is 17.2 Å². The maximum Gasteiger partial charge on any atom is 0.220 e. The highest BCUT2D eigenvalue weighted by atomic mass is 19.1. The van der Waals surface area contributed by atoms with E-state index in [0.717, 1.165) is 5.82 Å². The number of aliphatic hydroxyl groups is 1. The zero-order valence-corrected chi connectivity index (χ0v) is 18.9. The van der Waals surface area contributed by atoms with Crippen molar-refractivity contribution in [2.45, 2.75) is 38.5 Å². The number of carbonyl (C=O) groups is 1. The topological polar surface area (TPSA) is 94.8 Å². The number of aromatic nitrogens is 2. The van der Waals surface area contributed by atoms with E-state index in [1.165, 1.54) is 12.1 Å². The van der Waals surface area contributed by atoms with Crippen LogP contribution >= 0.6 is 0 Å². The largest absolute Gasteiger partial charge is 0.494 e. The number of hydrogen-bond donors (Lipinski definition) is 2. The van der Waals surface area contributed by atoms with Gasteiger partial charge in [0, 0.05) is 25.4 Å². The first-order valence-corrected chi connectivity index (χ1v) is 11.2. The number of halogens is 1. The lowest BCUT2D eigenvalue weighted by molar-refractivity contribution is -0.123. The third-order valence-electron chi connectivity index (χ3n) is 5.58. The normalized spacial score (nSPS) is 14.3. The summed E-state index contributed by atoms with van der Waals surface area (Å²) >= 11 is 0. The first-order valence-electron chi connectivity index (χ1n) is 11.2. The summed E-state index contributed by atoms with van der Waals surface area (Å²) in [4.78, 5) is 16.9. The molecule has 1 aliphatic heterocycles. The van der Waals surface area contributed by atoms with Crippen molar-refractivity contribution in [3.05, 3.63) is 72.1 Å². The van der Waals surface area contributed by atoms with Gasteiger partial charge in [0.1, 0.15) is 36.7 Å². The summed E-state index contributed by atoms with van der Waals surface area (Å²) < 4.78 is 31.6. The second kappa shape index (κ2) is 11.0. The molecule has 9 heteroatoms. The number of amides is 1. The number of benzene rings is 2. The quantitative estimate of drug-likeness (QED) is 0.443. The number of nitrogens with zero attached hydrogens (tertiary/aromatic N) is 2. The van der Waals surface area contributed by atoms with Gasteiger partial charge in [0.15, 0.2) is 11.5 Å². The highest BCUT2D eigenvalue weighted by Crippen LogP contribution is 2.33. The van der Waals surface area contributed by atoms with Gasteiger partial charge in [0.25, 0.3) is 0 Å². The van der Waals surface area contributed by atoms with E-state index in [4.69, 9.17) is 14.2 Å². The number of carbonyl (C=O) groups excluding carboxylic acids is 1. The van der Waals surface area contributed by atoms with E-state index in [2.05, 4.69) is 10.3 Å². The van der Waals surface area contributed by atoms with E-state index in [1.807, 2.05) is 17.7 Å². The fourth-order valence-electron chi connectivity index (χ4n) is 3.74. The predicted octanol–water partition coefficient (Wildman–Crippen LogP) is 3.18. The van der Waals surface area contributed by atoms with Gasteiger partial charge in [-0.15, -0.1) is 0 Å². The minimum atomic E-state index is -0.975. The molecular formula is C25H28FN3O5. The van der Waals surface area contributed by atoms with Crippen LogP contribution in [0.25, 0.3) is 0 Å². The number of aliphatic hydroxyl groups excluding tert-OH is 1. The van der Waals surface area contributed by atoms with Crippen LogP contribution in [0.2, 0.25) is 0 Å². The molecule has 2 aromatic carbocycles. The smallest absolute Gasteiger partial charge is 0.220 e. The summed E-state index contributed by atoms with van der Waals surface area (Å²) in [6.45, 7) is 3.45. The summed E-state index contributed by atoms with van der Waals surface area (Å²) in [5.41, 5.74) is 0.618. The van der Waals surface area contributed by atoms with Crippen LogP contribution in [0.1, 0.15) is 30.3 Å². The van der Waals surface area contributed by atoms with Crippen LogP contribution < -0.4 is 19.5 Å². The number of aryl methyl sites for hydroxylation is 1. The monoisotopic (exact) mass is 469 g/mol. The molecule has 0 spiro atoms. The van der Waals surface area contributed by atoms with E-state index in [0.29, 0.717) is 55.6 Å². The molecular weight excluding hydrogens is 441 g/mol. The van der Waals surface area contributed by atoms with Gasteiger partial charge in [0.2, 0.25) is 5.91 Å². The first kappa shape index (κ1) is 23.6. The molecule has 4 rings (SSSR count). The average molecular weight is 470 g/mol. The molecule has 0 bridgehead atoms. The van der Waals surface area contributed by atoms with Crippen molar-refractivity contribution < 1.29 is 28.5 Å². The van der Waals surface area contributed by atoms with Crippen LogP contribution in [-0.4, -0.2) is 46.4 Å². The fourth-order valence-corrected chi connectivity index (χ4v) is 3.74. The Labute approximate surface area is 197 Å². The number of nitrogens with one attached hydrogen (secondary N) is 1. The van der Waals surface area contributed by atoms with Gasteiger partial charge >= 0.3 is 0 Å². The molecule has 1 aliphatic rings. The van der Waals surface area contributed by atoms with Crippen molar-refractivity contribution in [2.75, 3.05) is 19.8 Å². The third kappa shape index (κ3) is 6.05. The van der Waals surface area contributed by atoms with Gasteiger partial charge in [0.05, 0.1) is 12.6 Å². The zero-order chi connectivity index (χ0) is 23.9. The van der Waals surface area contributed by atoms with Gasteiger partial charge in [-0.2, -0.15) is 0 Å². The Morgan fingerprint density at radius 3 is 2.71 bits per heavy atom. The van der Waals surface area contributed by atoms with Crippen molar-refractivity contribution in [2.24, 2.45) is 0 Å². The Bertz CT molecular complexity index is 1100. The molecule has 0 saturated carbocycles. The lowest BCUT2D eigenvalue weighted by Crippen LogP contribution is -2.42. The van der Waals surface area contributed by atoms with Gasteiger partial charge in [-0.3, -0.25) is 4.79 Å². The molecule has 1 amide bonds. The van der Waals surface area contributed by atoms with Crippen LogP contribution in [0.5, 0.6) is 17.2 Å². The second-order valence-corrected chi connectivity index (χ2v) is 8.05. The van der Waals surface area contributed by atoms with Crippen LogP contribution in [0.4, 0.5) is 4.39 Å². The molecule has 2 N–H and O–H groups in total. The Balaban J connectivity index is 1.38. The Hall–Kier alpha value is -3.59. The molecule has 180 valence electrons. The van der Waals surface area contributed by atoms with Crippen LogP contribution in [0.15, 0.2) is 54.9 Å².